The average molecular weight is 274 g/mol. The van der Waals surface area contributed by atoms with Gasteiger partial charge in [0.2, 0.25) is 0 Å². The summed E-state index contributed by atoms with van der Waals surface area (Å²) in [5.41, 5.74) is 1.66. The smallest absolute Gasteiger partial charge is 0.0627 e. The van der Waals surface area contributed by atoms with E-state index in [1.165, 1.54) is 23.3 Å². The van der Waals surface area contributed by atoms with Gasteiger partial charge in [0.25, 0.3) is 0 Å². The van der Waals surface area contributed by atoms with Crippen molar-refractivity contribution in [3.05, 3.63) is 29.8 Å². The molecule has 19 heavy (non-hydrogen) atoms. The molecule has 0 heterocycles. The van der Waals surface area contributed by atoms with Gasteiger partial charge >= 0.3 is 0 Å². The zero-order valence-corrected chi connectivity index (χ0v) is 12.6. The SMILES string of the molecule is CC(C)NCc1ccc(SCC2(CC#N)CC2)cc1. The second kappa shape index (κ2) is 6.45. The molecular formula is C16H22N2S. The molecule has 0 spiro atoms. The zero-order chi connectivity index (χ0) is 13.7. The monoisotopic (exact) mass is 274 g/mol. The fraction of sp³-hybridized carbons (Fsp3) is 0.562. The summed E-state index contributed by atoms with van der Waals surface area (Å²) in [6, 6.07) is 11.6. The van der Waals surface area contributed by atoms with Crippen molar-refractivity contribution < 1.29 is 0 Å². The summed E-state index contributed by atoms with van der Waals surface area (Å²) < 4.78 is 0. The van der Waals surface area contributed by atoms with Gasteiger partial charge in [0.15, 0.2) is 0 Å². The third kappa shape index (κ3) is 4.56. The predicted octanol–water partition coefficient (Wildman–Crippen LogP) is 3.97. The van der Waals surface area contributed by atoms with E-state index in [4.69, 9.17) is 5.26 Å². The lowest BCUT2D eigenvalue weighted by Gasteiger charge is -2.11. The first-order valence-corrected chi connectivity index (χ1v) is 7.94. The van der Waals surface area contributed by atoms with E-state index in [1.54, 1.807) is 0 Å². The summed E-state index contributed by atoms with van der Waals surface area (Å²) >= 11 is 1.89. The molecule has 1 aliphatic carbocycles. The Labute approximate surface area is 120 Å². The summed E-state index contributed by atoms with van der Waals surface area (Å²) in [5, 5.41) is 12.2. The number of nitriles is 1. The van der Waals surface area contributed by atoms with Gasteiger partial charge in [0.1, 0.15) is 0 Å². The maximum atomic E-state index is 8.81. The Morgan fingerprint density at radius 1 is 1.32 bits per heavy atom. The predicted molar refractivity (Wildman–Crippen MR) is 81.0 cm³/mol. The highest BCUT2D eigenvalue weighted by atomic mass is 32.2. The van der Waals surface area contributed by atoms with Crippen LogP contribution >= 0.6 is 11.8 Å². The van der Waals surface area contributed by atoms with Crippen LogP contribution in [0.15, 0.2) is 29.2 Å². The Bertz CT molecular complexity index is 441. The van der Waals surface area contributed by atoms with E-state index in [-0.39, 0.29) is 0 Å². The molecule has 2 rings (SSSR count). The molecule has 1 aromatic carbocycles. The molecule has 0 aliphatic heterocycles. The van der Waals surface area contributed by atoms with Crippen LogP contribution in [-0.4, -0.2) is 11.8 Å². The highest BCUT2D eigenvalue weighted by Crippen LogP contribution is 2.51. The lowest BCUT2D eigenvalue weighted by atomic mass is 10.1. The van der Waals surface area contributed by atoms with E-state index in [2.05, 4.69) is 49.5 Å². The van der Waals surface area contributed by atoms with Crippen molar-refractivity contribution in [3.8, 4) is 6.07 Å². The van der Waals surface area contributed by atoms with Crippen LogP contribution in [0.25, 0.3) is 0 Å². The molecule has 102 valence electrons. The van der Waals surface area contributed by atoms with E-state index in [0.717, 1.165) is 18.7 Å². The van der Waals surface area contributed by atoms with Gasteiger partial charge in [0.05, 0.1) is 6.07 Å². The number of nitrogens with zero attached hydrogens (tertiary/aromatic N) is 1. The Kier molecular flexibility index (Phi) is 4.90. The standard InChI is InChI=1S/C16H22N2S/c1-13(2)18-11-14-3-5-15(6-4-14)19-12-16(7-8-16)9-10-17/h3-6,13,18H,7-9,11-12H2,1-2H3. The van der Waals surface area contributed by atoms with Gasteiger partial charge in [-0.25, -0.2) is 0 Å². The maximum absolute atomic E-state index is 8.81. The number of nitrogens with one attached hydrogen (secondary N) is 1. The van der Waals surface area contributed by atoms with Crippen LogP contribution in [0.4, 0.5) is 0 Å². The minimum absolute atomic E-state index is 0.331. The molecule has 0 atom stereocenters. The molecule has 1 N–H and O–H groups in total. The Morgan fingerprint density at radius 2 is 2.00 bits per heavy atom. The van der Waals surface area contributed by atoms with Gasteiger partial charge in [-0.1, -0.05) is 26.0 Å². The minimum Gasteiger partial charge on any atom is -0.310 e. The first kappa shape index (κ1) is 14.4. The molecule has 1 saturated carbocycles. The number of benzene rings is 1. The van der Waals surface area contributed by atoms with Crippen molar-refractivity contribution in [1.29, 1.82) is 5.26 Å². The van der Waals surface area contributed by atoms with E-state index in [0.29, 0.717) is 11.5 Å². The summed E-state index contributed by atoms with van der Waals surface area (Å²) in [6.45, 7) is 5.25. The van der Waals surface area contributed by atoms with Crippen molar-refractivity contribution >= 4 is 11.8 Å². The number of rotatable bonds is 7. The molecule has 1 aliphatic rings. The van der Waals surface area contributed by atoms with Crippen molar-refractivity contribution in [2.24, 2.45) is 5.41 Å². The fourth-order valence-electron chi connectivity index (χ4n) is 1.98. The highest BCUT2D eigenvalue weighted by Gasteiger charge is 2.42. The fourth-order valence-corrected chi connectivity index (χ4v) is 3.17. The first-order chi connectivity index (χ1) is 9.13. The molecule has 0 unspecified atom stereocenters. The van der Waals surface area contributed by atoms with E-state index in [9.17, 15) is 0 Å². The number of thioether (sulfide) groups is 1. The molecule has 0 radical (unpaired) electrons. The van der Waals surface area contributed by atoms with Crippen LogP contribution in [-0.2, 0) is 6.54 Å². The summed E-state index contributed by atoms with van der Waals surface area (Å²) in [6.07, 6.45) is 3.17. The topological polar surface area (TPSA) is 35.8 Å². The van der Waals surface area contributed by atoms with Crippen molar-refractivity contribution in [2.45, 2.75) is 50.6 Å². The Hall–Kier alpha value is -0.980. The van der Waals surface area contributed by atoms with Gasteiger partial charge in [-0.15, -0.1) is 11.8 Å². The average Bonchev–Trinajstić information content (AvgIpc) is 3.16. The van der Waals surface area contributed by atoms with Crippen LogP contribution in [0.2, 0.25) is 0 Å². The molecule has 3 heteroatoms. The second-order valence-corrected chi connectivity index (χ2v) is 6.85. The van der Waals surface area contributed by atoms with Gasteiger partial charge < -0.3 is 5.32 Å². The number of hydrogen-bond donors (Lipinski definition) is 1. The van der Waals surface area contributed by atoms with E-state index in [1.807, 2.05) is 11.8 Å². The largest absolute Gasteiger partial charge is 0.310 e. The maximum Gasteiger partial charge on any atom is 0.0627 e. The van der Waals surface area contributed by atoms with Gasteiger partial charge in [-0.05, 0) is 36.0 Å². The molecular weight excluding hydrogens is 252 g/mol. The molecule has 1 aromatic rings. The third-order valence-corrected chi connectivity index (χ3v) is 4.96. The van der Waals surface area contributed by atoms with Gasteiger partial charge in [-0.3, -0.25) is 0 Å². The van der Waals surface area contributed by atoms with Crippen LogP contribution in [0.3, 0.4) is 0 Å². The molecule has 0 bridgehead atoms. The van der Waals surface area contributed by atoms with Crippen LogP contribution in [0.1, 0.15) is 38.7 Å². The van der Waals surface area contributed by atoms with E-state index < -0.39 is 0 Å². The van der Waals surface area contributed by atoms with Crippen molar-refractivity contribution in [3.63, 3.8) is 0 Å². The zero-order valence-electron chi connectivity index (χ0n) is 11.8. The first-order valence-electron chi connectivity index (χ1n) is 6.96. The normalized spacial score (nSPS) is 16.3. The lowest BCUT2D eigenvalue weighted by molar-refractivity contribution is 0.588. The Balaban J connectivity index is 1.80. The minimum atomic E-state index is 0.331. The highest BCUT2D eigenvalue weighted by molar-refractivity contribution is 7.99. The Morgan fingerprint density at radius 3 is 2.53 bits per heavy atom. The molecule has 0 aromatic heterocycles. The van der Waals surface area contributed by atoms with Gasteiger partial charge in [-0.2, -0.15) is 5.26 Å². The van der Waals surface area contributed by atoms with Crippen LogP contribution < -0.4 is 5.32 Å². The number of hydrogen-bond acceptors (Lipinski definition) is 3. The molecule has 1 fully saturated rings. The summed E-state index contributed by atoms with van der Waals surface area (Å²) in [7, 11) is 0. The van der Waals surface area contributed by atoms with Gasteiger partial charge in [0, 0.05) is 29.7 Å². The second-order valence-electron chi connectivity index (χ2n) is 5.80. The third-order valence-electron chi connectivity index (χ3n) is 3.59. The van der Waals surface area contributed by atoms with E-state index >= 15 is 0 Å². The lowest BCUT2D eigenvalue weighted by Crippen LogP contribution is -2.21. The molecule has 0 amide bonds. The van der Waals surface area contributed by atoms with Crippen molar-refractivity contribution in [2.75, 3.05) is 5.75 Å². The van der Waals surface area contributed by atoms with Crippen molar-refractivity contribution in [1.82, 2.24) is 5.32 Å². The summed E-state index contributed by atoms with van der Waals surface area (Å²) in [4.78, 5) is 1.32. The van der Waals surface area contributed by atoms with Crippen LogP contribution in [0.5, 0.6) is 0 Å². The molecule has 2 nitrogen and oxygen atoms in total. The molecule has 0 saturated heterocycles. The quantitative estimate of drug-likeness (QED) is 0.764. The van der Waals surface area contributed by atoms with Crippen LogP contribution in [0, 0.1) is 16.7 Å². The summed E-state index contributed by atoms with van der Waals surface area (Å²) in [5.74, 6) is 1.09.